The average molecular weight is 383 g/mol. The Balaban J connectivity index is 1.90. The van der Waals surface area contributed by atoms with Crippen LogP contribution in [0.3, 0.4) is 0 Å². The zero-order chi connectivity index (χ0) is 18.7. The number of hydrogen-bond acceptors (Lipinski definition) is 3. The zero-order valence-corrected chi connectivity index (χ0v) is 14.5. The molecule has 4 aromatic rings. The molecule has 1 aliphatic heterocycles. The SMILES string of the molecule is O=C1C[C@H](c2c(F)cccc2Cl)c2c(n3c(nc4ccccc43)[nH]c2=O)N1. The molecular formula is C19H12ClFN4O2. The van der Waals surface area contributed by atoms with Crippen LogP contribution in [0.5, 0.6) is 0 Å². The van der Waals surface area contributed by atoms with Gasteiger partial charge < -0.3 is 5.32 Å². The van der Waals surface area contributed by atoms with Gasteiger partial charge in [-0.3, -0.25) is 19.0 Å². The van der Waals surface area contributed by atoms with E-state index in [4.69, 9.17) is 11.6 Å². The second kappa shape index (κ2) is 5.65. The van der Waals surface area contributed by atoms with Crippen LogP contribution in [-0.4, -0.2) is 20.3 Å². The standard InChI is InChI=1S/C19H12ClFN4O2/c20-10-4-3-5-11(21)15(10)9-8-14(26)23-17-16(9)18(27)24-19-22-12-6-1-2-7-13(12)25(17)19/h1-7,9H,8H2,(H,23,26)(H,22,24,27)/t9-/m1/s1. The first-order valence-corrected chi connectivity index (χ1v) is 8.69. The molecule has 8 heteroatoms. The maximum absolute atomic E-state index is 14.5. The Morgan fingerprint density at radius 2 is 1.93 bits per heavy atom. The van der Waals surface area contributed by atoms with Crippen molar-refractivity contribution in [2.24, 2.45) is 0 Å². The summed E-state index contributed by atoms with van der Waals surface area (Å²) in [6, 6.07) is 11.6. The number of nitrogens with one attached hydrogen (secondary N) is 2. The fourth-order valence-electron chi connectivity index (χ4n) is 3.74. The van der Waals surface area contributed by atoms with Crippen LogP contribution in [0.1, 0.15) is 23.5 Å². The molecule has 2 N–H and O–H groups in total. The lowest BCUT2D eigenvalue weighted by atomic mass is 9.86. The van der Waals surface area contributed by atoms with Gasteiger partial charge in [-0.15, -0.1) is 0 Å². The van der Waals surface area contributed by atoms with Gasteiger partial charge >= 0.3 is 0 Å². The normalized spacial score (nSPS) is 16.5. The molecule has 134 valence electrons. The Morgan fingerprint density at radius 1 is 1.11 bits per heavy atom. The van der Waals surface area contributed by atoms with Gasteiger partial charge in [0.1, 0.15) is 11.6 Å². The number of halogens is 2. The summed E-state index contributed by atoms with van der Waals surface area (Å²) in [5, 5.41) is 2.94. The summed E-state index contributed by atoms with van der Waals surface area (Å²) in [7, 11) is 0. The quantitative estimate of drug-likeness (QED) is 0.529. The smallest absolute Gasteiger partial charge is 0.258 e. The number of carbonyl (C=O) groups is 1. The molecule has 0 bridgehead atoms. The lowest BCUT2D eigenvalue weighted by Gasteiger charge is -2.26. The van der Waals surface area contributed by atoms with Gasteiger partial charge in [-0.05, 0) is 24.3 Å². The van der Waals surface area contributed by atoms with Crippen LogP contribution in [0.2, 0.25) is 5.02 Å². The lowest BCUT2D eigenvalue weighted by Crippen LogP contribution is -2.32. The Kier molecular flexibility index (Phi) is 3.35. The number of aromatic amines is 1. The number of amides is 1. The Labute approximate surface area is 156 Å². The molecule has 0 spiro atoms. The highest BCUT2D eigenvalue weighted by Crippen LogP contribution is 2.39. The van der Waals surface area contributed by atoms with E-state index in [9.17, 15) is 14.0 Å². The molecule has 0 fully saturated rings. The van der Waals surface area contributed by atoms with Crippen LogP contribution in [0.15, 0.2) is 47.3 Å². The summed E-state index contributed by atoms with van der Waals surface area (Å²) in [5.74, 6) is -1.07. The monoisotopic (exact) mass is 382 g/mol. The highest BCUT2D eigenvalue weighted by atomic mass is 35.5. The van der Waals surface area contributed by atoms with E-state index in [1.165, 1.54) is 12.1 Å². The molecule has 5 rings (SSSR count). The molecule has 0 radical (unpaired) electrons. The van der Waals surface area contributed by atoms with Crippen molar-refractivity contribution in [3.63, 3.8) is 0 Å². The third kappa shape index (κ3) is 2.28. The highest BCUT2D eigenvalue weighted by Gasteiger charge is 2.34. The maximum Gasteiger partial charge on any atom is 0.258 e. The van der Waals surface area contributed by atoms with E-state index in [-0.39, 0.29) is 28.5 Å². The number of H-pyrrole nitrogens is 1. The number of hydrogen-bond donors (Lipinski definition) is 2. The highest BCUT2D eigenvalue weighted by molar-refractivity contribution is 6.31. The van der Waals surface area contributed by atoms with E-state index in [0.29, 0.717) is 17.1 Å². The van der Waals surface area contributed by atoms with E-state index in [2.05, 4.69) is 15.3 Å². The third-order valence-corrected chi connectivity index (χ3v) is 5.18. The number of fused-ring (bicyclic) bond motifs is 5. The number of rotatable bonds is 1. The summed E-state index contributed by atoms with van der Waals surface area (Å²) < 4.78 is 16.2. The Hall–Kier alpha value is -3.19. The minimum absolute atomic E-state index is 0.0745. The molecule has 0 unspecified atom stereocenters. The second-order valence-electron chi connectivity index (χ2n) is 6.42. The zero-order valence-electron chi connectivity index (χ0n) is 13.8. The van der Waals surface area contributed by atoms with Crippen LogP contribution in [-0.2, 0) is 4.79 Å². The largest absolute Gasteiger partial charge is 0.311 e. The van der Waals surface area contributed by atoms with Crippen LogP contribution in [0.4, 0.5) is 10.2 Å². The van der Waals surface area contributed by atoms with Crippen molar-refractivity contribution in [1.29, 1.82) is 0 Å². The van der Waals surface area contributed by atoms with Gasteiger partial charge in [0.15, 0.2) is 0 Å². The fourth-order valence-corrected chi connectivity index (χ4v) is 4.03. The predicted molar refractivity (Wildman–Crippen MR) is 99.8 cm³/mol. The van der Waals surface area contributed by atoms with Gasteiger partial charge in [-0.25, -0.2) is 9.37 Å². The Morgan fingerprint density at radius 3 is 2.74 bits per heavy atom. The summed E-state index contributed by atoms with van der Waals surface area (Å²) in [6.45, 7) is 0. The van der Waals surface area contributed by atoms with Crippen molar-refractivity contribution in [2.75, 3.05) is 5.32 Å². The number of aromatic nitrogens is 3. The third-order valence-electron chi connectivity index (χ3n) is 4.85. The topological polar surface area (TPSA) is 79.3 Å². The summed E-state index contributed by atoms with van der Waals surface area (Å²) >= 11 is 6.22. The van der Waals surface area contributed by atoms with Crippen molar-refractivity contribution in [3.8, 4) is 0 Å². The van der Waals surface area contributed by atoms with Crippen LogP contribution in [0.25, 0.3) is 16.8 Å². The van der Waals surface area contributed by atoms with E-state index >= 15 is 0 Å². The van der Waals surface area contributed by atoms with Crippen molar-refractivity contribution in [3.05, 3.63) is 74.8 Å². The molecule has 1 amide bonds. The molecule has 2 aromatic carbocycles. The number of anilines is 1. The molecular weight excluding hydrogens is 371 g/mol. The van der Waals surface area contributed by atoms with Crippen LogP contribution in [0, 0.1) is 5.82 Å². The van der Waals surface area contributed by atoms with E-state index in [1.807, 2.05) is 24.3 Å². The van der Waals surface area contributed by atoms with Crippen molar-refractivity contribution >= 4 is 40.1 Å². The van der Waals surface area contributed by atoms with Gasteiger partial charge in [0, 0.05) is 22.9 Å². The minimum atomic E-state index is -0.795. The average Bonchev–Trinajstić information content (AvgIpc) is 2.99. The maximum atomic E-state index is 14.5. The summed E-state index contributed by atoms with van der Waals surface area (Å²) in [5.41, 5.74) is 1.36. The second-order valence-corrected chi connectivity index (χ2v) is 6.82. The first-order chi connectivity index (χ1) is 13.0. The van der Waals surface area contributed by atoms with Crippen molar-refractivity contribution < 1.29 is 9.18 Å². The number of imidazole rings is 1. The molecule has 0 saturated carbocycles. The van der Waals surface area contributed by atoms with E-state index in [1.54, 1.807) is 10.5 Å². The van der Waals surface area contributed by atoms with E-state index in [0.717, 1.165) is 5.52 Å². The first-order valence-electron chi connectivity index (χ1n) is 8.31. The van der Waals surface area contributed by atoms with Gasteiger partial charge in [0.05, 0.1) is 16.6 Å². The van der Waals surface area contributed by atoms with Crippen LogP contribution >= 0.6 is 11.6 Å². The number of benzene rings is 2. The molecule has 2 aromatic heterocycles. The van der Waals surface area contributed by atoms with Crippen molar-refractivity contribution in [1.82, 2.24) is 14.4 Å². The molecule has 6 nitrogen and oxygen atoms in total. The summed E-state index contributed by atoms with van der Waals surface area (Å²) in [4.78, 5) is 32.4. The van der Waals surface area contributed by atoms with Crippen LogP contribution < -0.4 is 10.9 Å². The van der Waals surface area contributed by atoms with Gasteiger partial charge in [0.2, 0.25) is 11.7 Å². The minimum Gasteiger partial charge on any atom is -0.311 e. The van der Waals surface area contributed by atoms with Gasteiger partial charge in [-0.2, -0.15) is 0 Å². The number of nitrogens with zero attached hydrogens (tertiary/aromatic N) is 2. The predicted octanol–water partition coefficient (Wildman–Crippen LogP) is 3.44. The van der Waals surface area contributed by atoms with Gasteiger partial charge in [-0.1, -0.05) is 29.8 Å². The summed E-state index contributed by atoms with van der Waals surface area (Å²) in [6.07, 6.45) is -0.0745. The first kappa shape index (κ1) is 16.0. The molecule has 1 atom stereocenters. The molecule has 0 aliphatic carbocycles. The Bertz CT molecular complexity index is 1290. The van der Waals surface area contributed by atoms with Crippen molar-refractivity contribution in [2.45, 2.75) is 12.3 Å². The number of carbonyl (C=O) groups excluding carboxylic acids is 1. The van der Waals surface area contributed by atoms with Gasteiger partial charge in [0.25, 0.3) is 5.56 Å². The number of para-hydroxylation sites is 2. The van der Waals surface area contributed by atoms with E-state index < -0.39 is 17.3 Å². The fraction of sp³-hybridized carbons (Fsp3) is 0.105. The molecule has 1 aliphatic rings. The molecule has 0 saturated heterocycles. The molecule has 27 heavy (non-hydrogen) atoms. The lowest BCUT2D eigenvalue weighted by molar-refractivity contribution is -0.116. The molecule has 3 heterocycles.